The topological polar surface area (TPSA) is 155 Å². The third-order valence-electron chi connectivity index (χ3n) is 7.79. The van der Waals surface area contributed by atoms with Crippen LogP contribution < -0.4 is 15.4 Å². The number of carboxylic acids is 1. The number of aliphatic carboxylic acids is 1. The highest BCUT2D eigenvalue weighted by Gasteiger charge is 2.31. The quantitative estimate of drug-likeness (QED) is 0.214. The lowest BCUT2D eigenvalue weighted by Crippen LogP contribution is -2.25. The summed E-state index contributed by atoms with van der Waals surface area (Å²) in [6.45, 7) is 2.96. The number of aromatic nitrogens is 1. The number of amides is 2. The summed E-state index contributed by atoms with van der Waals surface area (Å²) in [6.07, 6.45) is 3.20. The first-order valence-corrected chi connectivity index (χ1v) is 16.7. The number of anilines is 1. The second kappa shape index (κ2) is 12.8. The number of likely N-dealkylation sites (tertiary alicyclic amines) is 1. The predicted molar refractivity (Wildman–Crippen MR) is 167 cm³/mol. The average Bonchev–Trinajstić information content (AvgIpc) is 3.71. The van der Waals surface area contributed by atoms with E-state index in [1.165, 1.54) is 41.7 Å². The van der Waals surface area contributed by atoms with Crippen LogP contribution in [0.15, 0.2) is 82.7 Å². The predicted octanol–water partition coefficient (Wildman–Crippen LogP) is 4.31. The molecule has 2 aliphatic heterocycles. The van der Waals surface area contributed by atoms with E-state index in [1.54, 1.807) is 18.3 Å². The van der Waals surface area contributed by atoms with Crippen LogP contribution in [-0.4, -0.2) is 67.4 Å². The van der Waals surface area contributed by atoms with Crippen molar-refractivity contribution in [1.29, 1.82) is 0 Å². The number of carbonyl (C=O) groups is 3. The first-order chi connectivity index (χ1) is 21.7. The van der Waals surface area contributed by atoms with E-state index < -0.39 is 27.6 Å². The van der Waals surface area contributed by atoms with Gasteiger partial charge in [0.25, 0.3) is 11.8 Å². The van der Waals surface area contributed by atoms with Gasteiger partial charge in [0.05, 0.1) is 40.1 Å². The van der Waals surface area contributed by atoms with Crippen LogP contribution in [0.4, 0.5) is 5.69 Å². The van der Waals surface area contributed by atoms with Gasteiger partial charge in [-0.2, -0.15) is 0 Å². The number of hydrogen-bond donors (Lipinski definition) is 3. The number of hydrogen-bond acceptors (Lipinski definition) is 9. The van der Waals surface area contributed by atoms with Crippen molar-refractivity contribution in [1.82, 2.24) is 15.2 Å². The Balaban J connectivity index is 1.02. The molecule has 1 unspecified atom stereocenters. The molecular formula is C32H30N4O7S2. The molecule has 0 spiro atoms. The summed E-state index contributed by atoms with van der Waals surface area (Å²) in [5, 5.41) is 15.4. The summed E-state index contributed by atoms with van der Waals surface area (Å²) < 4.78 is 32.3. The highest BCUT2D eigenvalue weighted by Crippen LogP contribution is 2.34. The molecule has 3 aromatic carbocycles. The van der Waals surface area contributed by atoms with Crippen LogP contribution in [0.5, 0.6) is 5.75 Å². The summed E-state index contributed by atoms with van der Waals surface area (Å²) in [7, 11) is -3.96. The summed E-state index contributed by atoms with van der Waals surface area (Å²) in [6, 6.07) is 17.7. The van der Waals surface area contributed by atoms with E-state index in [9.17, 15) is 22.8 Å². The summed E-state index contributed by atoms with van der Waals surface area (Å²) >= 11 is 1.44. The maximum absolute atomic E-state index is 13.2. The molecule has 0 radical (unpaired) electrons. The van der Waals surface area contributed by atoms with Gasteiger partial charge in [-0.15, -0.1) is 11.3 Å². The Hall–Kier alpha value is -4.59. The van der Waals surface area contributed by atoms with Crippen LogP contribution in [-0.2, 0) is 21.2 Å². The lowest BCUT2D eigenvalue weighted by atomic mass is 10.1. The van der Waals surface area contributed by atoms with Gasteiger partial charge in [-0.3, -0.25) is 14.4 Å². The van der Waals surface area contributed by atoms with Crippen molar-refractivity contribution in [3.8, 4) is 16.3 Å². The largest absolute Gasteiger partial charge is 0.494 e. The van der Waals surface area contributed by atoms with E-state index >= 15 is 0 Å². The second-order valence-corrected chi connectivity index (χ2v) is 13.8. The number of fused-ring (bicyclic) bond motifs is 2. The first kappa shape index (κ1) is 30.4. The minimum absolute atomic E-state index is 0.0504. The molecule has 6 rings (SSSR count). The fourth-order valence-corrected chi connectivity index (χ4v) is 7.85. The van der Waals surface area contributed by atoms with E-state index in [1.807, 2.05) is 24.3 Å². The molecule has 11 nitrogen and oxygen atoms in total. The fraction of sp³-hybridized carbons (Fsp3) is 0.250. The first-order valence-electron chi connectivity index (χ1n) is 14.4. The van der Waals surface area contributed by atoms with Gasteiger partial charge in [-0.25, -0.2) is 13.4 Å². The van der Waals surface area contributed by atoms with Gasteiger partial charge in [0.2, 0.25) is 9.84 Å². The van der Waals surface area contributed by atoms with Gasteiger partial charge in [0.15, 0.2) is 0 Å². The van der Waals surface area contributed by atoms with Gasteiger partial charge in [0.1, 0.15) is 10.8 Å². The molecular weight excluding hydrogens is 617 g/mol. The van der Waals surface area contributed by atoms with Crippen LogP contribution in [0.3, 0.4) is 0 Å². The molecule has 3 heterocycles. The number of carboxylic acid groups (broad SMARTS) is 1. The molecule has 232 valence electrons. The summed E-state index contributed by atoms with van der Waals surface area (Å²) in [5.41, 5.74) is 1.22. The summed E-state index contributed by atoms with van der Waals surface area (Å²) in [4.78, 5) is 44.1. The van der Waals surface area contributed by atoms with Gasteiger partial charge in [-0.05, 0) is 74.0 Å². The third-order valence-corrected chi connectivity index (χ3v) is 10.7. The lowest BCUT2D eigenvalue weighted by Gasteiger charge is -2.15. The highest BCUT2D eigenvalue weighted by atomic mass is 32.2. The number of carbonyl (C=O) groups excluding carboxylic acids is 2. The molecule has 0 saturated carbocycles. The molecule has 1 aromatic heterocycles. The van der Waals surface area contributed by atoms with E-state index in [0.29, 0.717) is 19.6 Å². The molecule has 1 atom stereocenters. The molecule has 3 N–H and O–H groups in total. The Kier molecular flexibility index (Phi) is 8.65. The van der Waals surface area contributed by atoms with E-state index in [-0.39, 0.29) is 39.1 Å². The number of benzene rings is 3. The molecule has 1 fully saturated rings. The highest BCUT2D eigenvalue weighted by molar-refractivity contribution is 7.91. The van der Waals surface area contributed by atoms with E-state index in [2.05, 4.69) is 20.5 Å². The van der Waals surface area contributed by atoms with Crippen LogP contribution >= 0.6 is 11.3 Å². The minimum atomic E-state index is -3.96. The zero-order valence-corrected chi connectivity index (χ0v) is 25.7. The average molecular weight is 647 g/mol. The Labute approximate surface area is 263 Å². The Morgan fingerprint density at radius 1 is 1.09 bits per heavy atom. The van der Waals surface area contributed by atoms with Crippen molar-refractivity contribution < 1.29 is 32.6 Å². The molecule has 1 saturated heterocycles. The fourth-order valence-electron chi connectivity index (χ4n) is 5.40. The zero-order chi connectivity index (χ0) is 31.6. The molecule has 4 aromatic rings. The van der Waals surface area contributed by atoms with Crippen molar-refractivity contribution in [2.45, 2.75) is 29.2 Å². The Morgan fingerprint density at radius 3 is 2.67 bits per heavy atom. The SMILES string of the molecule is O=C(NCc1cnc(-c2ccc(OCCCN3CCC(C(=O)O)C3)cc2)s1)c1ccc2c(c1)NC(=O)c1ccccc1S2(=O)=O. The number of ether oxygens (including phenoxy) is 1. The van der Waals surface area contributed by atoms with Gasteiger partial charge in [0, 0.05) is 35.3 Å². The smallest absolute Gasteiger partial charge is 0.307 e. The number of thiazole rings is 1. The molecule has 0 bridgehead atoms. The maximum Gasteiger partial charge on any atom is 0.307 e. The van der Waals surface area contributed by atoms with E-state index in [4.69, 9.17) is 9.84 Å². The standard InChI is InChI=1S/C32H30N4O7S2/c37-29(21-8-11-28-26(16-21)35-30(38)25-4-1-2-5-27(25)45(28,41)42)33-17-24-18-34-31(44-24)20-6-9-23(10-7-20)43-15-3-13-36-14-12-22(19-36)32(39)40/h1-2,4-11,16,18,22H,3,12-15,17,19H2,(H,33,37)(H,35,38)(H,39,40). The van der Waals surface area contributed by atoms with Crippen molar-refractivity contribution >= 4 is 44.6 Å². The number of rotatable bonds is 10. The molecule has 45 heavy (non-hydrogen) atoms. The Morgan fingerprint density at radius 2 is 1.89 bits per heavy atom. The second-order valence-electron chi connectivity index (χ2n) is 10.8. The minimum Gasteiger partial charge on any atom is -0.494 e. The molecule has 0 aliphatic carbocycles. The zero-order valence-electron chi connectivity index (χ0n) is 24.1. The van der Waals surface area contributed by atoms with Crippen LogP contribution in [0, 0.1) is 5.92 Å². The number of sulfone groups is 1. The normalized spacial score (nSPS) is 17.1. The van der Waals surface area contributed by atoms with Gasteiger partial charge < -0.3 is 25.4 Å². The Bertz CT molecular complexity index is 1870. The van der Waals surface area contributed by atoms with Gasteiger partial charge >= 0.3 is 5.97 Å². The van der Waals surface area contributed by atoms with Crippen molar-refractivity contribution in [3.63, 3.8) is 0 Å². The number of nitrogens with one attached hydrogen (secondary N) is 2. The molecule has 13 heteroatoms. The number of nitrogens with zero attached hydrogens (tertiary/aromatic N) is 2. The lowest BCUT2D eigenvalue weighted by molar-refractivity contribution is -0.141. The summed E-state index contributed by atoms with van der Waals surface area (Å²) in [5.74, 6) is -1.24. The third kappa shape index (κ3) is 6.60. The van der Waals surface area contributed by atoms with Crippen molar-refractivity contribution in [2.24, 2.45) is 5.92 Å². The van der Waals surface area contributed by atoms with Crippen LogP contribution in [0.25, 0.3) is 10.6 Å². The van der Waals surface area contributed by atoms with Crippen molar-refractivity contribution in [3.05, 3.63) is 88.9 Å². The van der Waals surface area contributed by atoms with Gasteiger partial charge in [-0.1, -0.05) is 12.1 Å². The van der Waals surface area contributed by atoms with E-state index in [0.717, 1.165) is 40.7 Å². The van der Waals surface area contributed by atoms with Crippen LogP contribution in [0.1, 0.15) is 38.4 Å². The van der Waals surface area contributed by atoms with Crippen LogP contribution in [0.2, 0.25) is 0 Å². The monoisotopic (exact) mass is 646 g/mol. The maximum atomic E-state index is 13.2. The molecule has 2 amide bonds. The molecule has 2 aliphatic rings. The van der Waals surface area contributed by atoms with Crippen molar-refractivity contribution in [2.75, 3.05) is 31.6 Å².